The predicted molar refractivity (Wildman–Crippen MR) is 81.8 cm³/mol. The summed E-state index contributed by atoms with van der Waals surface area (Å²) in [6.45, 7) is 1.81. The minimum Gasteiger partial charge on any atom is -0.481 e. The van der Waals surface area contributed by atoms with Crippen LogP contribution in [0.3, 0.4) is 0 Å². The highest BCUT2D eigenvalue weighted by molar-refractivity contribution is 5.78. The Morgan fingerprint density at radius 2 is 1.91 bits per heavy atom. The van der Waals surface area contributed by atoms with Gasteiger partial charge in [0.15, 0.2) is 11.5 Å². The number of rotatable bonds is 3. The molecule has 0 N–H and O–H groups in total. The Morgan fingerprint density at radius 1 is 1.04 bits per heavy atom. The maximum Gasteiger partial charge on any atom is 0.259 e. The maximum absolute atomic E-state index is 5.46. The van der Waals surface area contributed by atoms with Crippen LogP contribution in [0.1, 0.15) is 5.89 Å². The van der Waals surface area contributed by atoms with E-state index in [0.29, 0.717) is 23.5 Å². The van der Waals surface area contributed by atoms with E-state index in [0.717, 1.165) is 22.2 Å². The number of hydrogen-bond acceptors (Lipinski definition) is 7. The number of oxazole rings is 1. The molecule has 3 heterocycles. The van der Waals surface area contributed by atoms with Crippen LogP contribution in [0.15, 0.2) is 45.5 Å². The molecule has 0 radical (unpaired) electrons. The molecule has 0 unspecified atom stereocenters. The number of aryl methyl sites for hydroxylation is 1. The fourth-order valence-corrected chi connectivity index (χ4v) is 2.27. The van der Waals surface area contributed by atoms with Gasteiger partial charge in [0.2, 0.25) is 11.7 Å². The van der Waals surface area contributed by atoms with Gasteiger partial charge in [-0.25, -0.2) is 9.97 Å². The molecular weight excluding hydrogens is 296 g/mol. The van der Waals surface area contributed by atoms with Crippen molar-refractivity contribution in [1.82, 2.24) is 20.1 Å². The summed E-state index contributed by atoms with van der Waals surface area (Å²) < 4.78 is 15.8. The number of aromatic nitrogens is 4. The van der Waals surface area contributed by atoms with Crippen LogP contribution in [0.2, 0.25) is 0 Å². The van der Waals surface area contributed by atoms with Gasteiger partial charge in [0.25, 0.3) is 5.89 Å². The molecule has 7 nitrogen and oxygen atoms in total. The number of ether oxygens (including phenoxy) is 1. The number of benzene rings is 1. The molecule has 0 aliphatic rings. The Bertz CT molecular complexity index is 973. The number of fused-ring (bicyclic) bond motifs is 1. The largest absolute Gasteiger partial charge is 0.481 e. The fraction of sp³-hybridized carbons (Fsp3) is 0.125. The Morgan fingerprint density at radius 3 is 2.70 bits per heavy atom. The second-order valence-corrected chi connectivity index (χ2v) is 4.93. The van der Waals surface area contributed by atoms with Gasteiger partial charge in [0, 0.05) is 24.8 Å². The van der Waals surface area contributed by atoms with Crippen molar-refractivity contribution in [1.29, 1.82) is 0 Å². The van der Waals surface area contributed by atoms with Gasteiger partial charge in [-0.15, -0.1) is 0 Å². The molecule has 23 heavy (non-hydrogen) atoms. The zero-order chi connectivity index (χ0) is 15.8. The molecule has 7 heteroatoms. The molecule has 1 aromatic carbocycles. The predicted octanol–water partition coefficient (Wildman–Crippen LogP) is 3.26. The monoisotopic (exact) mass is 308 g/mol. The van der Waals surface area contributed by atoms with E-state index >= 15 is 0 Å². The van der Waals surface area contributed by atoms with Crippen LogP contribution in [-0.4, -0.2) is 27.2 Å². The van der Waals surface area contributed by atoms with Crippen molar-refractivity contribution in [2.45, 2.75) is 6.92 Å². The third-order valence-electron chi connectivity index (χ3n) is 3.37. The first-order valence-electron chi connectivity index (χ1n) is 6.94. The Kier molecular flexibility index (Phi) is 3.04. The van der Waals surface area contributed by atoms with Crippen LogP contribution in [0.4, 0.5) is 0 Å². The molecule has 0 bridgehead atoms. The highest BCUT2D eigenvalue weighted by atomic mass is 16.5. The molecule has 0 atom stereocenters. The average molecular weight is 308 g/mol. The van der Waals surface area contributed by atoms with E-state index in [1.807, 2.05) is 31.2 Å². The van der Waals surface area contributed by atoms with Crippen molar-refractivity contribution in [2.24, 2.45) is 0 Å². The molecule has 114 valence electrons. The van der Waals surface area contributed by atoms with E-state index in [1.54, 1.807) is 19.4 Å². The van der Waals surface area contributed by atoms with E-state index in [4.69, 9.17) is 13.7 Å². The number of methoxy groups -OCH3 is 1. The average Bonchev–Trinajstić information content (AvgIpc) is 3.19. The molecule has 0 aliphatic heterocycles. The minimum absolute atomic E-state index is 0.395. The van der Waals surface area contributed by atoms with Gasteiger partial charge >= 0.3 is 0 Å². The van der Waals surface area contributed by atoms with Gasteiger partial charge in [-0.3, -0.25) is 0 Å². The summed E-state index contributed by atoms with van der Waals surface area (Å²) in [5.41, 5.74) is 3.02. The number of hydrogen-bond donors (Lipinski definition) is 0. The van der Waals surface area contributed by atoms with Crippen molar-refractivity contribution in [2.75, 3.05) is 7.11 Å². The quantitative estimate of drug-likeness (QED) is 0.574. The summed E-state index contributed by atoms with van der Waals surface area (Å²) in [6.07, 6.45) is 1.63. The van der Waals surface area contributed by atoms with Gasteiger partial charge in [0.1, 0.15) is 5.52 Å². The summed E-state index contributed by atoms with van der Waals surface area (Å²) in [5.74, 6) is 2.03. The van der Waals surface area contributed by atoms with E-state index in [2.05, 4.69) is 20.1 Å². The van der Waals surface area contributed by atoms with Crippen LogP contribution >= 0.6 is 0 Å². The Hall–Kier alpha value is -3.22. The Balaban J connectivity index is 1.70. The van der Waals surface area contributed by atoms with Crippen LogP contribution in [0, 0.1) is 6.92 Å². The third kappa shape index (κ3) is 2.42. The van der Waals surface area contributed by atoms with Crippen molar-refractivity contribution < 1.29 is 13.7 Å². The Labute approximate surface area is 130 Å². The lowest BCUT2D eigenvalue weighted by Gasteiger charge is -1.97. The fourth-order valence-electron chi connectivity index (χ4n) is 2.27. The second-order valence-electron chi connectivity index (χ2n) is 4.93. The van der Waals surface area contributed by atoms with E-state index in [1.165, 1.54) is 0 Å². The normalized spacial score (nSPS) is 11.0. The van der Waals surface area contributed by atoms with Gasteiger partial charge in [-0.2, -0.15) is 4.98 Å². The van der Waals surface area contributed by atoms with E-state index < -0.39 is 0 Å². The van der Waals surface area contributed by atoms with Crippen LogP contribution in [0.5, 0.6) is 5.88 Å². The molecule has 4 rings (SSSR count). The lowest BCUT2D eigenvalue weighted by molar-refractivity contribution is 0.397. The molecular formula is C16H12N4O3. The molecule has 0 fully saturated rings. The molecule has 0 saturated heterocycles. The van der Waals surface area contributed by atoms with Crippen LogP contribution < -0.4 is 4.74 Å². The van der Waals surface area contributed by atoms with Gasteiger partial charge in [-0.05, 0) is 24.3 Å². The van der Waals surface area contributed by atoms with Crippen molar-refractivity contribution >= 4 is 11.1 Å². The van der Waals surface area contributed by atoms with Crippen molar-refractivity contribution in [3.63, 3.8) is 0 Å². The van der Waals surface area contributed by atoms with Crippen LogP contribution in [-0.2, 0) is 0 Å². The summed E-state index contributed by atoms with van der Waals surface area (Å²) in [5, 5.41) is 4.02. The standard InChI is InChI=1S/C16H12N4O3/c1-9-18-12-7-10(3-5-13(12)22-9)15-19-16(23-20-15)11-4-6-14(21-2)17-8-11/h3-8H,1-2H3. The topological polar surface area (TPSA) is 87.1 Å². The molecule has 0 saturated carbocycles. The van der Waals surface area contributed by atoms with Gasteiger partial charge in [0.05, 0.1) is 12.7 Å². The van der Waals surface area contributed by atoms with E-state index in [9.17, 15) is 0 Å². The first kappa shape index (κ1) is 13.4. The second kappa shape index (κ2) is 5.20. The lowest BCUT2D eigenvalue weighted by Crippen LogP contribution is -1.87. The van der Waals surface area contributed by atoms with Gasteiger partial charge < -0.3 is 13.7 Å². The third-order valence-corrected chi connectivity index (χ3v) is 3.37. The SMILES string of the molecule is COc1ccc(-c2nc(-c3ccc4oc(C)nc4c3)no2)cn1. The highest BCUT2D eigenvalue weighted by Crippen LogP contribution is 2.25. The molecule has 0 amide bonds. The van der Waals surface area contributed by atoms with E-state index in [-0.39, 0.29) is 0 Å². The number of pyridine rings is 1. The minimum atomic E-state index is 0.395. The van der Waals surface area contributed by atoms with Crippen molar-refractivity contribution in [3.05, 3.63) is 42.4 Å². The summed E-state index contributed by atoms with van der Waals surface area (Å²) in [4.78, 5) is 12.8. The van der Waals surface area contributed by atoms with Gasteiger partial charge in [-0.1, -0.05) is 5.16 Å². The highest BCUT2D eigenvalue weighted by Gasteiger charge is 2.13. The lowest BCUT2D eigenvalue weighted by atomic mass is 10.2. The first-order chi connectivity index (χ1) is 11.2. The summed E-state index contributed by atoms with van der Waals surface area (Å²) in [7, 11) is 1.56. The number of nitrogens with zero attached hydrogens (tertiary/aromatic N) is 4. The summed E-state index contributed by atoms with van der Waals surface area (Å²) >= 11 is 0. The maximum atomic E-state index is 5.46. The molecule has 0 spiro atoms. The summed E-state index contributed by atoms with van der Waals surface area (Å²) in [6, 6.07) is 9.13. The first-order valence-corrected chi connectivity index (χ1v) is 6.94. The zero-order valence-corrected chi connectivity index (χ0v) is 12.5. The molecule has 3 aromatic heterocycles. The smallest absolute Gasteiger partial charge is 0.259 e. The van der Waals surface area contributed by atoms with Crippen molar-refractivity contribution in [3.8, 4) is 28.7 Å². The molecule has 0 aliphatic carbocycles. The zero-order valence-electron chi connectivity index (χ0n) is 12.5. The molecule has 4 aromatic rings. The van der Waals surface area contributed by atoms with Crippen LogP contribution in [0.25, 0.3) is 33.9 Å².